The summed E-state index contributed by atoms with van der Waals surface area (Å²) < 4.78 is 5.47. The van der Waals surface area contributed by atoms with Crippen LogP contribution in [-0.2, 0) is 0 Å². The van der Waals surface area contributed by atoms with Crippen LogP contribution in [0.1, 0.15) is 0 Å². The molecular weight excluding hydrogens is 641 g/mol. The topological polar surface area (TPSA) is 0 Å². The first kappa shape index (κ1) is 28.1. The van der Waals surface area contributed by atoms with Crippen molar-refractivity contribution in [1.82, 2.24) is 0 Å². The highest BCUT2D eigenvalue weighted by molar-refractivity contribution is 7.30. The van der Waals surface area contributed by atoms with Crippen LogP contribution in [0.3, 0.4) is 0 Å². The van der Waals surface area contributed by atoms with Gasteiger partial charge in [0.25, 0.3) is 0 Å². The van der Waals surface area contributed by atoms with Crippen LogP contribution in [0, 0.1) is 0 Å². The predicted molar refractivity (Wildman–Crippen MR) is 221 cm³/mol. The predicted octanol–water partition coefficient (Wildman–Crippen LogP) is 14.9. The number of hydrogen-bond acceptors (Lipinski definition) is 2. The minimum atomic E-state index is 1.23. The molecule has 0 bridgehead atoms. The van der Waals surface area contributed by atoms with E-state index in [4.69, 9.17) is 0 Å². The van der Waals surface area contributed by atoms with Gasteiger partial charge in [0.1, 0.15) is 0 Å². The molecule has 2 aromatic heterocycles. The number of fused-ring (bicyclic) bond motifs is 12. The molecule has 0 atom stereocenters. The van der Waals surface area contributed by atoms with Crippen LogP contribution in [0.15, 0.2) is 170 Å². The highest BCUT2D eigenvalue weighted by Gasteiger charge is 2.20. The number of hydrogen-bond donors (Lipinski definition) is 0. The molecule has 0 aliphatic heterocycles. The molecular formula is C48H28S2. The molecule has 0 amide bonds. The van der Waals surface area contributed by atoms with Crippen LogP contribution in [0.25, 0.3) is 106 Å². The smallest absolute Gasteiger partial charge is 0.0455 e. The minimum absolute atomic E-state index is 1.23. The quantitative estimate of drug-likeness (QED) is 0.164. The zero-order chi connectivity index (χ0) is 32.8. The highest BCUT2D eigenvalue weighted by Crippen LogP contribution is 2.50. The lowest BCUT2D eigenvalue weighted by Gasteiger charge is -2.18. The van der Waals surface area contributed by atoms with E-state index in [0.29, 0.717) is 0 Å². The zero-order valence-electron chi connectivity index (χ0n) is 27.0. The molecule has 0 saturated heterocycles. The van der Waals surface area contributed by atoms with E-state index in [2.05, 4.69) is 170 Å². The van der Waals surface area contributed by atoms with E-state index in [0.717, 1.165) is 0 Å². The van der Waals surface area contributed by atoms with Crippen LogP contribution in [0.4, 0.5) is 0 Å². The van der Waals surface area contributed by atoms with Crippen LogP contribution in [0.5, 0.6) is 0 Å². The van der Waals surface area contributed by atoms with E-state index in [1.165, 1.54) is 106 Å². The fourth-order valence-corrected chi connectivity index (χ4v) is 10.9. The van der Waals surface area contributed by atoms with E-state index >= 15 is 0 Å². The third kappa shape index (κ3) is 4.04. The van der Waals surface area contributed by atoms with Crippen LogP contribution in [-0.4, -0.2) is 0 Å². The number of thiophene rings is 2. The van der Waals surface area contributed by atoms with Gasteiger partial charge in [-0.25, -0.2) is 0 Å². The summed E-state index contributed by atoms with van der Waals surface area (Å²) in [7, 11) is 0. The fraction of sp³-hybridized carbons (Fsp3) is 0. The fourth-order valence-electron chi connectivity index (χ4n) is 8.29. The molecule has 50 heavy (non-hydrogen) atoms. The monoisotopic (exact) mass is 668 g/mol. The van der Waals surface area contributed by atoms with Crippen LogP contribution >= 0.6 is 22.7 Å². The normalized spacial score (nSPS) is 12.0. The first-order chi connectivity index (χ1) is 24.8. The summed E-state index contributed by atoms with van der Waals surface area (Å²) in [5, 5.41) is 13.3. The summed E-state index contributed by atoms with van der Waals surface area (Å²) >= 11 is 3.86. The summed E-state index contributed by atoms with van der Waals surface area (Å²) in [4.78, 5) is 0. The van der Waals surface area contributed by atoms with Gasteiger partial charge in [-0.2, -0.15) is 0 Å². The lowest BCUT2D eigenvalue weighted by molar-refractivity contribution is 1.63. The Morgan fingerprint density at radius 1 is 0.260 bits per heavy atom. The summed E-state index contributed by atoms with van der Waals surface area (Å²) in [5.41, 5.74) is 7.55. The van der Waals surface area contributed by atoms with Gasteiger partial charge in [0.05, 0.1) is 0 Å². The maximum absolute atomic E-state index is 2.45. The molecule has 0 aliphatic rings. The Labute approximate surface area is 297 Å². The summed E-state index contributed by atoms with van der Waals surface area (Å²) in [6.07, 6.45) is 0. The lowest BCUT2D eigenvalue weighted by atomic mass is 9.85. The maximum Gasteiger partial charge on any atom is 0.0455 e. The molecule has 0 nitrogen and oxygen atoms in total. The third-order valence-corrected chi connectivity index (χ3v) is 12.8. The van der Waals surface area contributed by atoms with Crippen molar-refractivity contribution in [3.63, 3.8) is 0 Å². The van der Waals surface area contributed by atoms with Crippen LogP contribution < -0.4 is 0 Å². The Morgan fingerprint density at radius 2 is 0.760 bits per heavy atom. The molecule has 0 N–H and O–H groups in total. The second kappa shape index (κ2) is 10.9. The molecule has 0 unspecified atom stereocenters. The van der Waals surface area contributed by atoms with E-state index in [1.807, 2.05) is 22.7 Å². The standard InChI is InChI=1S/C48H28S2/c1-2-13-29(14-3-1)43-33-17-4-6-19-35(33)44(36-20-7-5-18-34(36)43)32-16-12-15-30(27-32)31-25-26-42-40(28-31)46-47(49-42)38-22-9-8-21-37(38)45-39-23-10-11-24-41(39)50-48(45)46/h1-28H. The van der Waals surface area contributed by atoms with E-state index in [9.17, 15) is 0 Å². The van der Waals surface area contributed by atoms with Gasteiger partial charge in [-0.1, -0.05) is 146 Å². The summed E-state index contributed by atoms with van der Waals surface area (Å²) in [6.45, 7) is 0. The van der Waals surface area contributed by atoms with Crippen molar-refractivity contribution in [3.05, 3.63) is 170 Å². The lowest BCUT2D eigenvalue weighted by Crippen LogP contribution is -1.91. The minimum Gasteiger partial charge on any atom is -0.134 e. The van der Waals surface area contributed by atoms with Crippen molar-refractivity contribution in [1.29, 1.82) is 0 Å². The molecule has 2 heteroatoms. The Hall–Kier alpha value is -5.80. The third-order valence-electron chi connectivity index (χ3n) is 10.4. The Kier molecular flexibility index (Phi) is 6.09. The highest BCUT2D eigenvalue weighted by atomic mass is 32.1. The molecule has 0 fully saturated rings. The maximum atomic E-state index is 2.45. The average molecular weight is 669 g/mol. The zero-order valence-corrected chi connectivity index (χ0v) is 28.6. The van der Waals surface area contributed by atoms with Crippen molar-refractivity contribution >= 4 is 95.3 Å². The first-order valence-corrected chi connectivity index (χ1v) is 18.7. The molecule has 2 heterocycles. The average Bonchev–Trinajstić information content (AvgIpc) is 3.76. The second-order valence-electron chi connectivity index (χ2n) is 13.2. The van der Waals surface area contributed by atoms with E-state index < -0.39 is 0 Å². The summed E-state index contributed by atoms with van der Waals surface area (Å²) in [5.74, 6) is 0. The van der Waals surface area contributed by atoms with Gasteiger partial charge < -0.3 is 0 Å². The SMILES string of the molecule is c1ccc(-c2c3ccccc3c(-c3cccc(-c4ccc5sc6c7ccccc7c7c8ccccc8sc7c6c5c4)c3)c3ccccc23)cc1. The van der Waals surface area contributed by atoms with Gasteiger partial charge in [-0.15, -0.1) is 22.7 Å². The van der Waals surface area contributed by atoms with Crippen molar-refractivity contribution in [2.45, 2.75) is 0 Å². The molecule has 0 spiro atoms. The van der Waals surface area contributed by atoms with Crippen molar-refractivity contribution in [2.75, 3.05) is 0 Å². The molecule has 0 saturated carbocycles. The van der Waals surface area contributed by atoms with Crippen molar-refractivity contribution in [3.8, 4) is 33.4 Å². The van der Waals surface area contributed by atoms with Gasteiger partial charge in [0.15, 0.2) is 0 Å². The Morgan fingerprint density at radius 3 is 1.48 bits per heavy atom. The van der Waals surface area contributed by atoms with Gasteiger partial charge in [0, 0.05) is 45.7 Å². The Balaban J connectivity index is 1.16. The van der Waals surface area contributed by atoms with Gasteiger partial charge in [-0.05, 0) is 84.6 Å². The van der Waals surface area contributed by atoms with Gasteiger partial charge >= 0.3 is 0 Å². The van der Waals surface area contributed by atoms with Crippen LogP contribution in [0.2, 0.25) is 0 Å². The Bertz CT molecular complexity index is 3080. The van der Waals surface area contributed by atoms with Gasteiger partial charge in [0.2, 0.25) is 0 Å². The first-order valence-electron chi connectivity index (χ1n) is 17.1. The molecule has 9 aromatic carbocycles. The largest absolute Gasteiger partial charge is 0.134 e. The second-order valence-corrected chi connectivity index (χ2v) is 15.3. The summed E-state index contributed by atoms with van der Waals surface area (Å²) in [6, 6.07) is 62.8. The molecule has 232 valence electrons. The number of rotatable bonds is 3. The van der Waals surface area contributed by atoms with Crippen molar-refractivity contribution in [2.24, 2.45) is 0 Å². The molecule has 0 aliphatic carbocycles. The van der Waals surface area contributed by atoms with E-state index in [1.54, 1.807) is 0 Å². The number of benzene rings is 9. The molecule has 11 rings (SSSR count). The van der Waals surface area contributed by atoms with Gasteiger partial charge in [-0.3, -0.25) is 0 Å². The molecule has 11 aromatic rings. The van der Waals surface area contributed by atoms with E-state index in [-0.39, 0.29) is 0 Å². The molecule has 0 radical (unpaired) electrons. The van der Waals surface area contributed by atoms with Crippen molar-refractivity contribution < 1.29 is 0 Å².